The van der Waals surface area contributed by atoms with Gasteiger partial charge in [-0.2, -0.15) is 0 Å². The molecular formula is C26H21ClFN5O2S. The molecule has 0 saturated heterocycles. The van der Waals surface area contributed by atoms with Crippen molar-refractivity contribution in [3.8, 4) is 5.69 Å². The molecule has 0 aliphatic carbocycles. The maximum absolute atomic E-state index is 14.0. The van der Waals surface area contributed by atoms with Crippen molar-refractivity contribution in [1.29, 1.82) is 0 Å². The summed E-state index contributed by atoms with van der Waals surface area (Å²) in [6.45, 7) is 0.647. The van der Waals surface area contributed by atoms with Crippen LogP contribution in [-0.2, 0) is 17.8 Å². The number of carbonyl (C=O) groups excluding carboxylic acids is 2. The number of thioether (sulfide) groups is 1. The summed E-state index contributed by atoms with van der Waals surface area (Å²) in [5.74, 6) is -0.618. The number of halogens is 2. The molecule has 5 rings (SSSR count). The van der Waals surface area contributed by atoms with Crippen molar-refractivity contribution in [3.63, 3.8) is 0 Å². The highest BCUT2D eigenvalue weighted by Crippen LogP contribution is 2.29. The highest BCUT2D eigenvalue weighted by Gasteiger charge is 2.25. The number of hydrogen-bond donors (Lipinski definition) is 1. The van der Waals surface area contributed by atoms with Crippen LogP contribution in [0.1, 0.15) is 21.7 Å². The minimum Gasteiger partial charge on any atom is -0.345 e. The van der Waals surface area contributed by atoms with Gasteiger partial charge in [-0.05, 0) is 48.4 Å². The third kappa shape index (κ3) is 4.98. The molecule has 3 aromatic carbocycles. The topological polar surface area (TPSA) is 80.1 Å². The van der Waals surface area contributed by atoms with Crippen LogP contribution in [0, 0.1) is 5.82 Å². The number of rotatable bonds is 7. The molecule has 1 aliphatic rings. The summed E-state index contributed by atoms with van der Waals surface area (Å²) in [4.78, 5) is 27.3. The van der Waals surface area contributed by atoms with Gasteiger partial charge in [-0.1, -0.05) is 59.8 Å². The smallest absolute Gasteiger partial charge is 0.254 e. The normalized spacial score (nSPS) is 12.4. The lowest BCUT2D eigenvalue weighted by atomic mass is 10.2. The highest BCUT2D eigenvalue weighted by atomic mass is 35.5. The Bertz CT molecular complexity index is 1440. The van der Waals surface area contributed by atoms with Crippen molar-refractivity contribution < 1.29 is 14.0 Å². The van der Waals surface area contributed by atoms with Crippen LogP contribution in [0.2, 0.25) is 5.02 Å². The molecule has 1 aromatic heterocycles. The van der Waals surface area contributed by atoms with E-state index in [1.54, 1.807) is 33.7 Å². The first-order valence-corrected chi connectivity index (χ1v) is 12.6. The second-order valence-corrected chi connectivity index (χ2v) is 9.47. The van der Waals surface area contributed by atoms with Crippen molar-refractivity contribution in [2.24, 2.45) is 0 Å². The lowest BCUT2D eigenvalue weighted by Crippen LogP contribution is -2.30. The van der Waals surface area contributed by atoms with Gasteiger partial charge in [-0.3, -0.25) is 14.2 Å². The van der Waals surface area contributed by atoms with E-state index in [0.717, 1.165) is 17.7 Å². The zero-order valence-corrected chi connectivity index (χ0v) is 20.6. The summed E-state index contributed by atoms with van der Waals surface area (Å²) >= 11 is 7.47. The Morgan fingerprint density at radius 3 is 2.67 bits per heavy atom. The molecule has 0 atom stereocenters. The minimum absolute atomic E-state index is 0.000682. The van der Waals surface area contributed by atoms with E-state index in [0.29, 0.717) is 28.2 Å². The molecule has 0 fully saturated rings. The molecule has 36 heavy (non-hydrogen) atoms. The summed E-state index contributed by atoms with van der Waals surface area (Å²) in [5.41, 5.74) is 2.73. The van der Waals surface area contributed by atoms with Gasteiger partial charge in [-0.15, -0.1) is 10.2 Å². The van der Waals surface area contributed by atoms with Gasteiger partial charge in [0.15, 0.2) is 11.0 Å². The van der Waals surface area contributed by atoms with Crippen molar-refractivity contribution in [2.45, 2.75) is 18.1 Å². The first-order valence-electron chi connectivity index (χ1n) is 11.3. The molecule has 0 unspecified atom stereocenters. The Morgan fingerprint density at radius 2 is 1.83 bits per heavy atom. The van der Waals surface area contributed by atoms with Crippen LogP contribution in [0.3, 0.4) is 0 Å². The zero-order chi connectivity index (χ0) is 25.1. The van der Waals surface area contributed by atoms with E-state index in [1.807, 2.05) is 30.3 Å². The van der Waals surface area contributed by atoms with Gasteiger partial charge in [0.05, 0.1) is 23.5 Å². The van der Waals surface area contributed by atoms with Crippen LogP contribution in [0.25, 0.3) is 5.69 Å². The fraction of sp³-hybridized carbons (Fsp3) is 0.154. The predicted molar refractivity (Wildman–Crippen MR) is 137 cm³/mol. The molecule has 0 bridgehead atoms. The molecule has 0 saturated carbocycles. The van der Waals surface area contributed by atoms with Gasteiger partial charge in [0.1, 0.15) is 5.82 Å². The number of anilines is 1. The minimum atomic E-state index is -0.607. The number of amides is 2. The molecule has 0 spiro atoms. The second-order valence-electron chi connectivity index (χ2n) is 8.09. The van der Waals surface area contributed by atoms with Crippen LogP contribution < -0.4 is 10.2 Å². The molecule has 2 heterocycles. The fourth-order valence-corrected chi connectivity index (χ4v) is 5.12. The summed E-state index contributed by atoms with van der Waals surface area (Å²) in [6.07, 6.45) is 0.830. The zero-order valence-electron chi connectivity index (χ0n) is 19.0. The van der Waals surface area contributed by atoms with E-state index in [1.165, 1.54) is 30.0 Å². The Morgan fingerprint density at radius 1 is 1.03 bits per heavy atom. The van der Waals surface area contributed by atoms with Crippen molar-refractivity contribution in [1.82, 2.24) is 20.1 Å². The van der Waals surface area contributed by atoms with Gasteiger partial charge < -0.3 is 10.2 Å². The highest BCUT2D eigenvalue weighted by molar-refractivity contribution is 7.99. The number of carbonyl (C=O) groups is 2. The molecule has 2 amide bonds. The number of aromatic nitrogens is 3. The summed E-state index contributed by atoms with van der Waals surface area (Å²) in [7, 11) is 0. The van der Waals surface area contributed by atoms with Crippen LogP contribution in [0.5, 0.6) is 0 Å². The molecule has 4 aromatic rings. The maximum atomic E-state index is 14.0. The maximum Gasteiger partial charge on any atom is 0.254 e. The molecular weight excluding hydrogens is 501 g/mol. The summed E-state index contributed by atoms with van der Waals surface area (Å²) < 4.78 is 15.7. The predicted octanol–water partition coefficient (Wildman–Crippen LogP) is 4.67. The van der Waals surface area contributed by atoms with Gasteiger partial charge in [-0.25, -0.2) is 4.39 Å². The Labute approximate surface area is 216 Å². The third-order valence-electron chi connectivity index (χ3n) is 5.81. The summed E-state index contributed by atoms with van der Waals surface area (Å²) in [6, 6.07) is 20.8. The lowest BCUT2D eigenvalue weighted by Gasteiger charge is -2.17. The number of benzene rings is 3. The average Bonchev–Trinajstić information content (AvgIpc) is 3.50. The van der Waals surface area contributed by atoms with Crippen molar-refractivity contribution in [2.75, 3.05) is 17.2 Å². The van der Waals surface area contributed by atoms with E-state index in [9.17, 15) is 14.0 Å². The van der Waals surface area contributed by atoms with Gasteiger partial charge in [0, 0.05) is 17.3 Å². The number of nitrogens with zero attached hydrogens (tertiary/aromatic N) is 4. The van der Waals surface area contributed by atoms with E-state index < -0.39 is 11.7 Å². The molecule has 0 radical (unpaired) electrons. The molecule has 1 aliphatic heterocycles. The fourth-order valence-electron chi connectivity index (χ4n) is 4.08. The third-order valence-corrected chi connectivity index (χ3v) is 6.95. The monoisotopic (exact) mass is 521 g/mol. The quantitative estimate of drug-likeness (QED) is 0.357. The van der Waals surface area contributed by atoms with Gasteiger partial charge in [0.2, 0.25) is 5.91 Å². The van der Waals surface area contributed by atoms with E-state index in [-0.39, 0.29) is 23.8 Å². The van der Waals surface area contributed by atoms with Gasteiger partial charge in [0.25, 0.3) is 5.91 Å². The van der Waals surface area contributed by atoms with Crippen LogP contribution in [0.15, 0.2) is 78.0 Å². The first kappa shape index (κ1) is 24.0. The average molecular weight is 522 g/mol. The SMILES string of the molecule is O=C(NCc1nnc(SCC(=O)N2CCc3ccccc32)n1-c1cccc(Cl)c1)c1ccccc1F. The number of para-hydroxylation sites is 1. The molecule has 7 nitrogen and oxygen atoms in total. The van der Waals surface area contributed by atoms with E-state index >= 15 is 0 Å². The Hall–Kier alpha value is -3.69. The van der Waals surface area contributed by atoms with E-state index in [2.05, 4.69) is 15.5 Å². The van der Waals surface area contributed by atoms with Crippen LogP contribution >= 0.6 is 23.4 Å². The van der Waals surface area contributed by atoms with Gasteiger partial charge >= 0.3 is 0 Å². The number of nitrogens with one attached hydrogen (secondary N) is 1. The molecule has 182 valence electrons. The first-order chi connectivity index (χ1) is 17.5. The van der Waals surface area contributed by atoms with Crippen LogP contribution in [-0.4, -0.2) is 38.9 Å². The van der Waals surface area contributed by atoms with Crippen molar-refractivity contribution in [3.05, 3.63) is 101 Å². The number of hydrogen-bond acceptors (Lipinski definition) is 5. The molecule has 1 N–H and O–H groups in total. The van der Waals surface area contributed by atoms with Crippen molar-refractivity contribution >= 4 is 40.9 Å². The van der Waals surface area contributed by atoms with Crippen LogP contribution in [0.4, 0.5) is 10.1 Å². The van der Waals surface area contributed by atoms with E-state index in [4.69, 9.17) is 11.6 Å². The number of fused-ring (bicyclic) bond motifs is 1. The second kappa shape index (κ2) is 10.5. The Balaban J connectivity index is 1.36. The lowest BCUT2D eigenvalue weighted by molar-refractivity contribution is -0.116. The standard InChI is InChI=1S/C26H21ClFN5O2S/c27-18-7-5-8-19(14-18)33-23(15-29-25(35)20-9-2-3-10-21(20)28)30-31-26(33)36-16-24(34)32-13-12-17-6-1-4-11-22(17)32/h1-11,14H,12-13,15-16H2,(H,29,35). The summed E-state index contributed by atoms with van der Waals surface area (Å²) in [5, 5.41) is 12.2. The molecule has 10 heteroatoms. The largest absolute Gasteiger partial charge is 0.345 e. The Kier molecular flexibility index (Phi) is 7.02.